The number of fused-ring (bicyclic) bond motifs is 2. The number of rotatable bonds is 0. The predicted molar refractivity (Wildman–Crippen MR) is 41.7 cm³/mol. The fraction of sp³-hybridized carbons (Fsp3) is 0.875. The molecule has 0 aromatic rings. The van der Waals surface area contributed by atoms with Crippen LogP contribution in [0.15, 0.2) is 0 Å². The van der Waals surface area contributed by atoms with Gasteiger partial charge in [-0.25, -0.2) is 0 Å². The van der Waals surface area contributed by atoms with Crippen molar-refractivity contribution < 1.29 is 9.53 Å². The van der Waals surface area contributed by atoms with Crippen LogP contribution in [0.5, 0.6) is 0 Å². The average molecular weight is 175 g/mol. The van der Waals surface area contributed by atoms with Gasteiger partial charge >= 0.3 is 0 Å². The van der Waals surface area contributed by atoms with Crippen molar-refractivity contribution >= 4 is 17.4 Å². The van der Waals surface area contributed by atoms with Crippen molar-refractivity contribution in [2.45, 2.75) is 18.2 Å². The van der Waals surface area contributed by atoms with Crippen molar-refractivity contribution in [1.82, 2.24) is 0 Å². The molecule has 1 saturated heterocycles. The summed E-state index contributed by atoms with van der Waals surface area (Å²) >= 11 is 5.98. The van der Waals surface area contributed by atoms with E-state index in [1.807, 2.05) is 0 Å². The second kappa shape index (κ2) is 2.76. The van der Waals surface area contributed by atoms with E-state index in [9.17, 15) is 4.79 Å². The first kappa shape index (κ1) is 7.56. The van der Waals surface area contributed by atoms with Gasteiger partial charge in [-0.15, -0.1) is 11.6 Å². The van der Waals surface area contributed by atoms with E-state index in [1.165, 1.54) is 0 Å². The molecular weight excluding hydrogens is 164 g/mol. The molecule has 2 rings (SSSR count). The number of hydrogen-bond acceptors (Lipinski definition) is 2. The summed E-state index contributed by atoms with van der Waals surface area (Å²) in [5.74, 6) is 0.482. The molecule has 2 bridgehead atoms. The summed E-state index contributed by atoms with van der Waals surface area (Å²) in [5.41, 5.74) is 0. The normalized spacial score (nSPS) is 44.1. The molecule has 2 fully saturated rings. The van der Waals surface area contributed by atoms with Crippen LogP contribution in [0.2, 0.25) is 0 Å². The lowest BCUT2D eigenvalue weighted by Crippen LogP contribution is -2.44. The Balaban J connectivity index is 2.16. The zero-order valence-corrected chi connectivity index (χ0v) is 7.01. The number of alkyl halides is 1. The summed E-state index contributed by atoms with van der Waals surface area (Å²) in [4.78, 5) is 11.5. The lowest BCUT2D eigenvalue weighted by molar-refractivity contribution is -0.140. The Morgan fingerprint density at radius 1 is 1.36 bits per heavy atom. The first-order valence-corrected chi connectivity index (χ1v) is 4.48. The monoisotopic (exact) mass is 174 g/mol. The van der Waals surface area contributed by atoms with Gasteiger partial charge in [0.05, 0.1) is 19.1 Å². The zero-order valence-electron chi connectivity index (χ0n) is 6.25. The van der Waals surface area contributed by atoms with Crippen LogP contribution in [0.1, 0.15) is 12.8 Å². The maximum absolute atomic E-state index is 11.5. The van der Waals surface area contributed by atoms with Crippen molar-refractivity contribution in [3.05, 3.63) is 0 Å². The third-order valence-electron chi connectivity index (χ3n) is 2.61. The van der Waals surface area contributed by atoms with Gasteiger partial charge in [0.25, 0.3) is 0 Å². The summed E-state index contributed by atoms with van der Waals surface area (Å²) in [5, 5.41) is 0.0269. The molecule has 0 radical (unpaired) electrons. The van der Waals surface area contributed by atoms with E-state index in [0.717, 1.165) is 12.8 Å². The highest BCUT2D eigenvalue weighted by atomic mass is 35.5. The van der Waals surface area contributed by atoms with E-state index >= 15 is 0 Å². The van der Waals surface area contributed by atoms with Crippen molar-refractivity contribution in [2.75, 3.05) is 13.2 Å². The molecule has 62 valence electrons. The molecule has 0 aromatic heterocycles. The van der Waals surface area contributed by atoms with Gasteiger partial charge in [0.15, 0.2) is 0 Å². The van der Waals surface area contributed by atoms with Gasteiger partial charge in [-0.1, -0.05) is 0 Å². The molecule has 3 atom stereocenters. The molecule has 2 aliphatic rings. The maximum Gasteiger partial charge on any atom is 0.145 e. The lowest BCUT2D eigenvalue weighted by Gasteiger charge is -2.35. The molecule has 1 aliphatic heterocycles. The summed E-state index contributed by atoms with van der Waals surface area (Å²) in [6, 6.07) is 0. The first-order chi connectivity index (χ1) is 5.29. The fourth-order valence-corrected chi connectivity index (χ4v) is 2.20. The second-order valence-electron chi connectivity index (χ2n) is 3.34. The quantitative estimate of drug-likeness (QED) is 0.517. The van der Waals surface area contributed by atoms with Gasteiger partial charge < -0.3 is 4.74 Å². The number of ketones is 1. The largest absolute Gasteiger partial charge is 0.380 e. The fourth-order valence-electron chi connectivity index (χ4n) is 1.87. The lowest BCUT2D eigenvalue weighted by atomic mass is 9.79. The molecule has 0 spiro atoms. The van der Waals surface area contributed by atoms with Crippen LogP contribution in [0.4, 0.5) is 0 Å². The third kappa shape index (κ3) is 1.18. The van der Waals surface area contributed by atoms with Crippen molar-refractivity contribution in [3.8, 4) is 0 Å². The van der Waals surface area contributed by atoms with E-state index in [0.29, 0.717) is 19.0 Å². The summed E-state index contributed by atoms with van der Waals surface area (Å²) in [7, 11) is 0. The number of Topliss-reactive ketones (excluding diaryl/α,β-unsaturated/α-hetero) is 1. The highest BCUT2D eigenvalue weighted by Gasteiger charge is 2.40. The third-order valence-corrected chi connectivity index (χ3v) is 3.13. The van der Waals surface area contributed by atoms with E-state index in [2.05, 4.69) is 0 Å². The van der Waals surface area contributed by atoms with Gasteiger partial charge in [0, 0.05) is 11.3 Å². The maximum atomic E-state index is 11.5. The minimum absolute atomic E-state index is 0.0100. The second-order valence-corrected chi connectivity index (χ2v) is 3.90. The van der Waals surface area contributed by atoms with Crippen LogP contribution in [0.3, 0.4) is 0 Å². The molecule has 2 nitrogen and oxygen atoms in total. The topological polar surface area (TPSA) is 26.3 Å². The van der Waals surface area contributed by atoms with Crippen molar-refractivity contribution in [2.24, 2.45) is 11.8 Å². The Hall–Kier alpha value is -0.0800. The Morgan fingerprint density at radius 3 is 2.91 bits per heavy atom. The van der Waals surface area contributed by atoms with Gasteiger partial charge in [-0.05, 0) is 12.8 Å². The number of carbonyl (C=O) groups excluding carboxylic acids is 1. The highest BCUT2D eigenvalue weighted by molar-refractivity contribution is 6.22. The Morgan fingerprint density at radius 2 is 2.18 bits per heavy atom. The van der Waals surface area contributed by atoms with E-state index in [-0.39, 0.29) is 17.2 Å². The Labute approximate surface area is 70.9 Å². The average Bonchev–Trinajstić information content (AvgIpc) is 1.98. The standard InChI is InChI=1S/C8H11ClO2/c9-7-2-1-5-3-11-4-6(7)8(5)10/h5-7H,1-4H2/t5-,6-,7-/m1/s1. The highest BCUT2D eigenvalue weighted by Crippen LogP contribution is 2.33. The Kier molecular flexibility index (Phi) is 1.90. The molecular formula is C8H11ClO2. The molecule has 1 heterocycles. The SMILES string of the molecule is O=C1[C@@H]2CC[C@@H](Cl)[C@H]1COC2. The molecule has 11 heavy (non-hydrogen) atoms. The predicted octanol–water partition coefficient (Wildman–Crippen LogP) is 1.22. The number of halogens is 1. The van der Waals surface area contributed by atoms with Gasteiger partial charge in [-0.2, -0.15) is 0 Å². The van der Waals surface area contributed by atoms with Crippen LogP contribution in [-0.2, 0) is 9.53 Å². The van der Waals surface area contributed by atoms with Crippen LogP contribution in [0, 0.1) is 11.8 Å². The molecule has 0 amide bonds. The summed E-state index contributed by atoms with van der Waals surface area (Å²) < 4.78 is 5.27. The summed E-state index contributed by atoms with van der Waals surface area (Å²) in [6.45, 7) is 1.17. The smallest absolute Gasteiger partial charge is 0.145 e. The minimum atomic E-state index is -0.0100. The van der Waals surface area contributed by atoms with Crippen LogP contribution in [0.25, 0.3) is 0 Å². The van der Waals surface area contributed by atoms with E-state index in [4.69, 9.17) is 16.3 Å². The molecule has 0 N–H and O–H groups in total. The van der Waals surface area contributed by atoms with E-state index < -0.39 is 0 Å². The molecule has 0 aromatic carbocycles. The van der Waals surface area contributed by atoms with Crippen LogP contribution in [-0.4, -0.2) is 24.4 Å². The van der Waals surface area contributed by atoms with Gasteiger partial charge in [0.1, 0.15) is 5.78 Å². The molecule has 1 aliphatic carbocycles. The zero-order chi connectivity index (χ0) is 7.84. The molecule has 3 heteroatoms. The Bertz CT molecular complexity index is 181. The first-order valence-electron chi connectivity index (χ1n) is 4.04. The number of hydrogen-bond donors (Lipinski definition) is 0. The molecule has 1 saturated carbocycles. The minimum Gasteiger partial charge on any atom is -0.380 e. The number of carbonyl (C=O) groups is 1. The van der Waals surface area contributed by atoms with Gasteiger partial charge in [0.2, 0.25) is 0 Å². The van der Waals surface area contributed by atoms with Crippen molar-refractivity contribution in [1.29, 1.82) is 0 Å². The number of ether oxygens (including phenoxy) is 1. The van der Waals surface area contributed by atoms with Crippen LogP contribution < -0.4 is 0 Å². The molecule has 0 unspecified atom stereocenters. The van der Waals surface area contributed by atoms with Crippen molar-refractivity contribution in [3.63, 3.8) is 0 Å². The summed E-state index contributed by atoms with van der Waals surface area (Å²) in [6.07, 6.45) is 1.90. The van der Waals surface area contributed by atoms with Crippen LogP contribution >= 0.6 is 11.6 Å². The van der Waals surface area contributed by atoms with Gasteiger partial charge in [-0.3, -0.25) is 4.79 Å². The van der Waals surface area contributed by atoms with E-state index in [1.54, 1.807) is 0 Å².